The van der Waals surface area contributed by atoms with Crippen molar-refractivity contribution in [1.29, 1.82) is 0 Å². The van der Waals surface area contributed by atoms with Crippen molar-refractivity contribution in [2.75, 3.05) is 6.61 Å². The van der Waals surface area contributed by atoms with E-state index in [9.17, 15) is 64.7 Å². The SMILES string of the molecule is O=C([O-])[C@@H]1O[C@@H](O)[C@H](OS(=O)(=O)O)[C@@H](O)[C@@H]1O[C@H]1O[C@H](COS(=O)(=O)[O-])[C@@H](O)[C@H](O)[C@H]1NS(=O)(=O)[O-]. The minimum absolute atomic E-state index is 1.22. The fraction of sp³-hybridized carbons (Fsp3) is 0.917. The molecule has 2 aliphatic heterocycles. The summed E-state index contributed by atoms with van der Waals surface area (Å²) in [6.07, 6.45) is -21.8. The third-order valence-electron chi connectivity index (χ3n) is 4.65. The predicted molar refractivity (Wildman–Crippen MR) is 96.1 cm³/mol. The third-order valence-corrected chi connectivity index (χ3v) is 6.10. The van der Waals surface area contributed by atoms with Crippen LogP contribution in [0.4, 0.5) is 0 Å². The molecule has 0 amide bonds. The molecule has 2 rings (SSSR count). The number of hydrogen-bond acceptors (Lipinski definition) is 19. The average Bonchev–Trinajstić information content (AvgIpc) is 2.68. The van der Waals surface area contributed by atoms with E-state index in [-0.39, 0.29) is 0 Å². The molecule has 212 valence electrons. The summed E-state index contributed by atoms with van der Waals surface area (Å²) in [4.78, 5) is 11.4. The quantitative estimate of drug-likeness (QED) is 0.101. The van der Waals surface area contributed by atoms with Crippen molar-refractivity contribution in [3.63, 3.8) is 0 Å². The topological polar surface area (TPSA) is 348 Å². The monoisotopic (exact) mass is 592 g/mol. The van der Waals surface area contributed by atoms with Gasteiger partial charge in [-0.25, -0.2) is 25.7 Å². The van der Waals surface area contributed by atoms with E-state index in [4.69, 9.17) is 14.0 Å². The maximum absolute atomic E-state index is 11.4. The van der Waals surface area contributed by atoms with Crippen LogP contribution in [0, 0.1) is 0 Å². The highest BCUT2D eigenvalue weighted by molar-refractivity contribution is 7.83. The molecule has 24 heteroatoms. The largest absolute Gasteiger partial charge is 0.735 e. The van der Waals surface area contributed by atoms with Crippen molar-refractivity contribution in [2.45, 2.75) is 61.3 Å². The number of aliphatic carboxylic acids is 1. The fourth-order valence-corrected chi connectivity index (χ4v) is 4.58. The van der Waals surface area contributed by atoms with E-state index in [0.717, 1.165) is 0 Å². The second-order valence-corrected chi connectivity index (χ2v) is 10.4. The van der Waals surface area contributed by atoms with Gasteiger partial charge >= 0.3 is 10.4 Å². The van der Waals surface area contributed by atoms with Crippen LogP contribution in [0.2, 0.25) is 0 Å². The summed E-state index contributed by atoms with van der Waals surface area (Å²) in [5.74, 6) is -2.24. The molecule has 0 saturated carbocycles. The van der Waals surface area contributed by atoms with Gasteiger partial charge in [-0.1, -0.05) is 0 Å². The van der Waals surface area contributed by atoms with E-state index in [1.165, 1.54) is 4.72 Å². The first-order valence-corrected chi connectivity index (χ1v) is 13.2. The van der Waals surface area contributed by atoms with Gasteiger partial charge in [0, 0.05) is 0 Å². The average molecular weight is 592 g/mol. The number of nitrogens with one attached hydrogen (secondary N) is 1. The summed E-state index contributed by atoms with van der Waals surface area (Å²) in [6.45, 7) is -1.33. The van der Waals surface area contributed by atoms with Crippen molar-refractivity contribution in [1.82, 2.24) is 4.72 Å². The lowest BCUT2D eigenvalue weighted by Crippen LogP contribution is -2.69. The van der Waals surface area contributed by atoms with Crippen LogP contribution in [0.5, 0.6) is 0 Å². The Hall–Kier alpha value is -1.20. The van der Waals surface area contributed by atoms with Crippen LogP contribution >= 0.6 is 0 Å². The molecule has 36 heavy (non-hydrogen) atoms. The van der Waals surface area contributed by atoms with Crippen LogP contribution in [0.15, 0.2) is 0 Å². The maximum Gasteiger partial charge on any atom is 0.397 e. The van der Waals surface area contributed by atoms with Crippen LogP contribution in [0.1, 0.15) is 0 Å². The van der Waals surface area contributed by atoms with Crippen molar-refractivity contribution >= 4 is 37.1 Å². The van der Waals surface area contributed by atoms with Crippen molar-refractivity contribution in [3.8, 4) is 0 Å². The van der Waals surface area contributed by atoms with Gasteiger partial charge in [-0.2, -0.15) is 8.42 Å². The molecule has 0 aromatic rings. The van der Waals surface area contributed by atoms with Crippen molar-refractivity contribution in [2.24, 2.45) is 0 Å². The molecule has 0 aliphatic carbocycles. The zero-order valence-electron chi connectivity index (χ0n) is 17.1. The molecule has 0 aromatic carbocycles. The molecular weight excluding hydrogens is 574 g/mol. The first kappa shape index (κ1) is 31.0. The Morgan fingerprint density at radius 3 is 1.97 bits per heavy atom. The van der Waals surface area contributed by atoms with Gasteiger partial charge in [0.1, 0.15) is 42.7 Å². The number of rotatable bonds is 10. The Morgan fingerprint density at radius 2 is 1.50 bits per heavy atom. The summed E-state index contributed by atoms with van der Waals surface area (Å²) in [6, 6.07) is -2.33. The van der Waals surface area contributed by atoms with Gasteiger partial charge in [-0.05, 0) is 0 Å². The number of aliphatic hydroxyl groups excluding tert-OH is 4. The zero-order valence-corrected chi connectivity index (χ0v) is 19.5. The Labute approximate surface area is 201 Å². The number of hydrogen-bond donors (Lipinski definition) is 6. The Balaban J connectivity index is 2.43. The number of carbonyl (C=O) groups excluding carboxylic acids is 1. The molecule has 2 heterocycles. The Morgan fingerprint density at radius 1 is 0.917 bits per heavy atom. The van der Waals surface area contributed by atoms with Crippen molar-refractivity contribution in [3.05, 3.63) is 0 Å². The molecule has 0 unspecified atom stereocenters. The molecule has 0 radical (unpaired) electrons. The van der Waals surface area contributed by atoms with Crippen molar-refractivity contribution < 1.29 is 91.8 Å². The second kappa shape index (κ2) is 11.3. The number of carbonyl (C=O) groups is 1. The Bertz CT molecular complexity index is 1100. The van der Waals surface area contributed by atoms with E-state index in [2.05, 4.69) is 13.1 Å². The van der Waals surface area contributed by atoms with E-state index >= 15 is 0 Å². The number of aliphatic hydroxyl groups is 4. The molecule has 0 aromatic heterocycles. The highest BCUT2D eigenvalue weighted by Gasteiger charge is 2.53. The highest BCUT2D eigenvalue weighted by Crippen LogP contribution is 2.30. The van der Waals surface area contributed by atoms with Gasteiger partial charge in [-0.3, -0.25) is 8.74 Å². The number of carboxylic acid groups (broad SMARTS) is 1. The molecule has 10 atom stereocenters. The molecule has 21 nitrogen and oxygen atoms in total. The molecule has 2 saturated heterocycles. The summed E-state index contributed by atoms with van der Waals surface area (Å²) < 4.78 is 120. The molecular formula is C12H18NO20S3-3. The van der Waals surface area contributed by atoms with Gasteiger partial charge in [0.05, 0.1) is 12.6 Å². The highest BCUT2D eigenvalue weighted by atomic mass is 32.3. The summed E-state index contributed by atoms with van der Waals surface area (Å²) in [7, 11) is -16.3. The van der Waals surface area contributed by atoms with Gasteiger partial charge in [0.15, 0.2) is 29.0 Å². The minimum atomic E-state index is -5.50. The van der Waals surface area contributed by atoms with Gasteiger partial charge < -0.3 is 53.6 Å². The smallest absolute Gasteiger partial charge is 0.397 e. The summed E-state index contributed by atoms with van der Waals surface area (Å²) in [5, 5.41) is 51.8. The lowest BCUT2D eigenvalue weighted by Gasteiger charge is -2.47. The first-order valence-electron chi connectivity index (χ1n) is 9.09. The molecule has 2 fully saturated rings. The van der Waals surface area contributed by atoms with Gasteiger partial charge in [0.2, 0.25) is 10.4 Å². The van der Waals surface area contributed by atoms with E-state index in [0.29, 0.717) is 0 Å². The van der Waals surface area contributed by atoms with E-state index in [1.807, 2.05) is 0 Å². The van der Waals surface area contributed by atoms with Crippen LogP contribution in [0.25, 0.3) is 0 Å². The normalized spacial score (nSPS) is 38.5. The van der Waals surface area contributed by atoms with E-state index < -0.39 is 105 Å². The lowest BCUT2D eigenvalue weighted by atomic mass is 9.96. The summed E-state index contributed by atoms with van der Waals surface area (Å²) in [5.41, 5.74) is 0. The van der Waals surface area contributed by atoms with Crippen LogP contribution in [-0.2, 0) is 58.5 Å². The molecule has 6 N–H and O–H groups in total. The number of ether oxygens (including phenoxy) is 3. The van der Waals surface area contributed by atoms with Gasteiger partial charge in [-0.15, -0.1) is 0 Å². The van der Waals surface area contributed by atoms with Crippen LogP contribution < -0.4 is 9.83 Å². The van der Waals surface area contributed by atoms with Crippen LogP contribution in [-0.4, -0.2) is 133 Å². The summed E-state index contributed by atoms with van der Waals surface area (Å²) >= 11 is 0. The minimum Gasteiger partial charge on any atom is -0.735 e. The standard InChI is InChI=1S/C12H21NO20S3/c14-4-2(1-29-35(23,24)25)30-12(3(5(4)15)13-34(20,21)22)32-7-6(16)8(33-36(26,27)28)11(19)31-9(7)10(17)18/h2-9,11-16,19H,1H2,(H,17,18)(H,20,21,22)(H,23,24,25)(H,26,27,28)/p-3/t2-,3-,4-,5-,6+,7+,8-,9-,11-,12-/m1/s1. The van der Waals surface area contributed by atoms with Gasteiger partial charge in [0.25, 0.3) is 0 Å². The fourth-order valence-electron chi connectivity index (χ4n) is 3.21. The first-order chi connectivity index (χ1) is 16.2. The molecule has 0 spiro atoms. The second-order valence-electron chi connectivity index (χ2n) is 7.16. The third kappa shape index (κ3) is 8.41. The molecule has 0 bridgehead atoms. The van der Waals surface area contributed by atoms with Crippen LogP contribution in [0.3, 0.4) is 0 Å². The van der Waals surface area contributed by atoms with E-state index in [1.54, 1.807) is 0 Å². The Kier molecular flexibility index (Phi) is 9.71. The lowest BCUT2D eigenvalue weighted by molar-refractivity contribution is -0.362. The zero-order chi connectivity index (χ0) is 27.8. The molecule has 2 aliphatic rings. The maximum atomic E-state index is 11.4. The number of carboxylic acids is 1. The predicted octanol–water partition coefficient (Wildman–Crippen LogP) is -8.27.